The first-order valence-corrected chi connectivity index (χ1v) is 12.9. The largest absolute Gasteiger partial charge is 0.460 e. The Balaban J connectivity index is 1.31. The fraction of sp³-hybridized carbons (Fsp3) is 0.323. The average molecular weight is 495 g/mol. The number of hydrogen-bond donors (Lipinski definition) is 0. The van der Waals surface area contributed by atoms with E-state index in [1.54, 1.807) is 0 Å². The number of carbonyl (C=O) groups excluding carboxylic acids is 3. The number of fused-ring (bicyclic) bond motifs is 2. The van der Waals surface area contributed by atoms with Crippen molar-refractivity contribution >= 4 is 61.0 Å². The molecule has 0 saturated carbocycles. The average Bonchev–Trinajstić information content (AvgIpc) is 3.19. The maximum Gasteiger partial charge on any atom is 0.306 e. The van der Waals surface area contributed by atoms with Crippen molar-refractivity contribution in [3.05, 3.63) is 59.8 Å². The van der Waals surface area contributed by atoms with Crippen molar-refractivity contribution < 1.29 is 19.1 Å². The van der Waals surface area contributed by atoms with E-state index in [-0.39, 0.29) is 17.8 Å². The molecule has 1 aliphatic heterocycles. The molecule has 0 unspecified atom stereocenters. The van der Waals surface area contributed by atoms with Crippen LogP contribution in [0.2, 0.25) is 0 Å². The molecule has 2 amide bonds. The lowest BCUT2D eigenvalue weighted by atomic mass is 9.86. The molecule has 4 aromatic carbocycles. The van der Waals surface area contributed by atoms with Gasteiger partial charge in [0.25, 0.3) is 11.8 Å². The number of carbonyl (C=O) groups is 3. The summed E-state index contributed by atoms with van der Waals surface area (Å²) in [6, 6.07) is 14.1. The van der Waals surface area contributed by atoms with E-state index in [0.717, 1.165) is 44.3 Å². The minimum atomic E-state index is -0.493. The van der Waals surface area contributed by atoms with Gasteiger partial charge in [-0.15, -0.1) is 0 Å². The van der Waals surface area contributed by atoms with Gasteiger partial charge < -0.3 is 9.30 Å². The maximum atomic E-state index is 13.5. The minimum absolute atomic E-state index is 0.219. The molecule has 6 heteroatoms. The summed E-state index contributed by atoms with van der Waals surface area (Å²) in [5.74, 6) is -0.709. The van der Waals surface area contributed by atoms with Crippen molar-refractivity contribution in [2.24, 2.45) is 7.05 Å². The molecule has 37 heavy (non-hydrogen) atoms. The summed E-state index contributed by atoms with van der Waals surface area (Å²) >= 11 is 0. The summed E-state index contributed by atoms with van der Waals surface area (Å²) in [6.07, 6.45) is 4.51. The molecule has 6 nitrogen and oxygen atoms in total. The molecular weight excluding hydrogens is 464 g/mol. The molecule has 0 atom stereocenters. The lowest BCUT2D eigenvalue weighted by molar-refractivity contribution is -0.154. The Morgan fingerprint density at radius 3 is 2.11 bits per heavy atom. The maximum absolute atomic E-state index is 13.5. The van der Waals surface area contributed by atoms with Crippen molar-refractivity contribution in [1.29, 1.82) is 0 Å². The van der Waals surface area contributed by atoms with E-state index in [2.05, 4.69) is 29.0 Å². The zero-order valence-electron chi connectivity index (χ0n) is 21.7. The van der Waals surface area contributed by atoms with Gasteiger partial charge in [-0.1, -0.05) is 30.7 Å². The number of hydrogen-bond acceptors (Lipinski definition) is 4. The Hall–Kier alpha value is -3.93. The quantitative estimate of drug-likeness (QED) is 0.0880. The first kappa shape index (κ1) is 23.5. The molecule has 0 N–H and O–H groups in total. The SMILES string of the molecule is Cn1cc2c3ccc4c5c(ccc(c6cccc1c62)c53)C(=O)N(CCCCCC(=O)OC(C)(C)C)C4=O. The second kappa shape index (κ2) is 8.30. The minimum Gasteiger partial charge on any atom is -0.460 e. The van der Waals surface area contributed by atoms with Gasteiger partial charge in [-0.25, -0.2) is 0 Å². The van der Waals surface area contributed by atoms with E-state index in [9.17, 15) is 14.4 Å². The Kier molecular flexibility index (Phi) is 5.26. The number of esters is 1. The summed E-state index contributed by atoms with van der Waals surface area (Å²) < 4.78 is 7.49. The van der Waals surface area contributed by atoms with Gasteiger partial charge in [0.05, 0.1) is 0 Å². The molecule has 0 aliphatic carbocycles. The van der Waals surface area contributed by atoms with E-state index in [1.165, 1.54) is 10.3 Å². The van der Waals surface area contributed by atoms with Crippen molar-refractivity contribution in [2.45, 2.75) is 52.1 Å². The fourth-order valence-electron chi connectivity index (χ4n) is 5.87. The van der Waals surface area contributed by atoms with Crippen LogP contribution in [0.4, 0.5) is 0 Å². The number of unbranched alkanes of at least 4 members (excludes halogenated alkanes) is 2. The summed E-state index contributed by atoms with van der Waals surface area (Å²) in [4.78, 5) is 40.4. The number of nitrogens with zero attached hydrogens (tertiary/aromatic N) is 2. The number of ether oxygens (including phenoxy) is 1. The van der Waals surface area contributed by atoms with Crippen LogP contribution in [-0.2, 0) is 16.6 Å². The predicted molar refractivity (Wildman–Crippen MR) is 146 cm³/mol. The fourth-order valence-corrected chi connectivity index (χ4v) is 5.87. The van der Waals surface area contributed by atoms with Crippen LogP contribution in [0.15, 0.2) is 48.7 Å². The van der Waals surface area contributed by atoms with Crippen LogP contribution in [0, 0.1) is 0 Å². The van der Waals surface area contributed by atoms with Crippen molar-refractivity contribution in [1.82, 2.24) is 9.47 Å². The highest BCUT2D eigenvalue weighted by Crippen LogP contribution is 2.44. The third-order valence-corrected chi connectivity index (χ3v) is 7.39. The number of aryl methyl sites for hydroxylation is 1. The standard InChI is InChI=1S/C31H30N2O4/c1-31(2,3)37-25(34)11-6-5-7-16-33-29(35)21-14-12-19-18-9-8-10-24-26(18)23(17-32(24)4)20-13-15-22(30(33)36)28(21)27(19)20/h8-10,12-15,17H,5-7,11,16H2,1-4H3. The van der Waals surface area contributed by atoms with Crippen LogP contribution in [-0.4, -0.2) is 39.4 Å². The van der Waals surface area contributed by atoms with E-state index in [1.807, 2.05) is 52.1 Å². The summed E-state index contributed by atoms with van der Waals surface area (Å²) in [5, 5.41) is 7.36. The first-order valence-electron chi connectivity index (χ1n) is 12.9. The molecular formula is C31H30N2O4. The Morgan fingerprint density at radius 1 is 0.784 bits per heavy atom. The molecule has 6 rings (SSSR count). The van der Waals surface area contributed by atoms with Gasteiger partial charge in [-0.05, 0) is 73.4 Å². The lowest BCUT2D eigenvalue weighted by Crippen LogP contribution is -2.40. The number of rotatable bonds is 6. The third-order valence-electron chi connectivity index (χ3n) is 7.39. The van der Waals surface area contributed by atoms with Crippen LogP contribution in [0.5, 0.6) is 0 Å². The number of imide groups is 1. The van der Waals surface area contributed by atoms with Crippen LogP contribution in [0.25, 0.3) is 43.2 Å². The molecule has 0 saturated heterocycles. The summed E-state index contributed by atoms with van der Waals surface area (Å²) in [6.45, 7) is 5.89. The molecule has 2 heterocycles. The van der Waals surface area contributed by atoms with Gasteiger partial charge in [0.2, 0.25) is 0 Å². The number of amides is 2. The molecule has 0 spiro atoms. The smallest absolute Gasteiger partial charge is 0.306 e. The Bertz CT molecular complexity index is 1720. The van der Waals surface area contributed by atoms with Crippen LogP contribution in [0.1, 0.15) is 67.2 Å². The Labute approximate surface area is 215 Å². The second-order valence-electron chi connectivity index (χ2n) is 11.1. The molecule has 1 aromatic heterocycles. The van der Waals surface area contributed by atoms with Gasteiger partial charge in [-0.3, -0.25) is 19.3 Å². The normalized spacial score (nSPS) is 14.1. The van der Waals surface area contributed by atoms with Gasteiger partial charge in [0.15, 0.2) is 0 Å². The van der Waals surface area contributed by atoms with Crippen molar-refractivity contribution in [3.63, 3.8) is 0 Å². The van der Waals surface area contributed by atoms with E-state index < -0.39 is 5.60 Å². The van der Waals surface area contributed by atoms with E-state index in [0.29, 0.717) is 36.9 Å². The zero-order valence-corrected chi connectivity index (χ0v) is 21.7. The second-order valence-corrected chi connectivity index (χ2v) is 11.1. The van der Waals surface area contributed by atoms with Gasteiger partial charge >= 0.3 is 5.97 Å². The topological polar surface area (TPSA) is 68.6 Å². The van der Waals surface area contributed by atoms with E-state index in [4.69, 9.17) is 4.74 Å². The highest BCUT2D eigenvalue weighted by atomic mass is 16.6. The van der Waals surface area contributed by atoms with Crippen LogP contribution >= 0.6 is 0 Å². The predicted octanol–water partition coefficient (Wildman–Crippen LogP) is 6.57. The van der Waals surface area contributed by atoms with Crippen molar-refractivity contribution in [2.75, 3.05) is 6.54 Å². The highest BCUT2D eigenvalue weighted by Gasteiger charge is 2.34. The molecule has 0 fully saturated rings. The van der Waals surface area contributed by atoms with Gasteiger partial charge in [-0.2, -0.15) is 0 Å². The van der Waals surface area contributed by atoms with Gasteiger partial charge in [0.1, 0.15) is 5.60 Å². The molecule has 1 aliphatic rings. The van der Waals surface area contributed by atoms with Crippen LogP contribution < -0.4 is 0 Å². The lowest BCUT2D eigenvalue weighted by Gasteiger charge is -2.28. The number of aromatic nitrogens is 1. The molecule has 5 aromatic rings. The third kappa shape index (κ3) is 3.66. The molecule has 0 radical (unpaired) electrons. The van der Waals surface area contributed by atoms with Gasteiger partial charge in [0, 0.05) is 59.0 Å². The highest BCUT2D eigenvalue weighted by molar-refractivity contribution is 6.38. The first-order chi connectivity index (χ1) is 17.7. The van der Waals surface area contributed by atoms with E-state index >= 15 is 0 Å². The number of benzene rings is 4. The monoisotopic (exact) mass is 494 g/mol. The summed E-state index contributed by atoms with van der Waals surface area (Å²) in [7, 11) is 2.05. The molecule has 0 bridgehead atoms. The molecule has 188 valence electrons. The zero-order chi connectivity index (χ0) is 26.1. The van der Waals surface area contributed by atoms with Crippen LogP contribution in [0.3, 0.4) is 0 Å². The Morgan fingerprint density at radius 2 is 1.43 bits per heavy atom. The van der Waals surface area contributed by atoms with Crippen molar-refractivity contribution in [3.8, 4) is 0 Å². The summed E-state index contributed by atoms with van der Waals surface area (Å²) in [5.41, 5.74) is 1.83.